The molecule has 0 spiro atoms. The Morgan fingerprint density at radius 3 is 3.00 bits per heavy atom. The number of hydrogen-bond acceptors (Lipinski definition) is 5. The van der Waals surface area contributed by atoms with Crippen LogP contribution >= 0.6 is 23.1 Å². The Labute approximate surface area is 96.5 Å². The van der Waals surface area contributed by atoms with Crippen molar-refractivity contribution in [3.8, 4) is 11.5 Å². The maximum Gasteiger partial charge on any atom is 0.202 e. The van der Waals surface area contributed by atoms with Gasteiger partial charge in [0.05, 0.1) is 5.02 Å². The molecule has 1 N–H and O–H groups in total. The first-order valence-corrected chi connectivity index (χ1v) is 5.64. The van der Waals surface area contributed by atoms with Crippen LogP contribution in [0.25, 0.3) is 11.5 Å². The number of aromatic nitrogens is 3. The van der Waals surface area contributed by atoms with E-state index in [0.29, 0.717) is 10.8 Å². The maximum absolute atomic E-state index is 5.74. The van der Waals surface area contributed by atoms with Crippen molar-refractivity contribution in [3.05, 3.63) is 23.4 Å². The van der Waals surface area contributed by atoms with Crippen LogP contribution in [0, 0.1) is 0 Å². The van der Waals surface area contributed by atoms with Crippen LogP contribution in [0.1, 0.15) is 6.92 Å². The Hall–Kier alpha value is -1.20. The summed E-state index contributed by atoms with van der Waals surface area (Å²) in [6.45, 7) is 2.85. The lowest BCUT2D eigenvalue weighted by Gasteiger charge is -1.94. The number of nitrogens with zero attached hydrogens (tertiary/aromatic N) is 3. The van der Waals surface area contributed by atoms with E-state index in [9.17, 15) is 0 Å². The van der Waals surface area contributed by atoms with Crippen molar-refractivity contribution in [1.82, 2.24) is 14.3 Å². The minimum Gasteiger partial charge on any atom is -0.361 e. The molecule has 0 atom stereocenters. The molecular formula is C9H9ClN4S. The summed E-state index contributed by atoms with van der Waals surface area (Å²) in [6.07, 6.45) is 1.59. The van der Waals surface area contributed by atoms with E-state index in [0.717, 1.165) is 17.4 Å². The quantitative estimate of drug-likeness (QED) is 0.896. The fourth-order valence-electron chi connectivity index (χ4n) is 1.06. The highest BCUT2D eigenvalue weighted by atomic mass is 35.5. The summed E-state index contributed by atoms with van der Waals surface area (Å²) in [4.78, 5) is 8.43. The second-order valence-electron chi connectivity index (χ2n) is 2.82. The van der Waals surface area contributed by atoms with Crippen LogP contribution in [0.5, 0.6) is 0 Å². The van der Waals surface area contributed by atoms with Crippen LogP contribution in [0.2, 0.25) is 5.02 Å². The Morgan fingerprint density at radius 1 is 1.47 bits per heavy atom. The lowest BCUT2D eigenvalue weighted by Crippen LogP contribution is -1.95. The highest BCUT2D eigenvalue weighted by Gasteiger charge is 2.06. The monoisotopic (exact) mass is 240 g/mol. The fraction of sp³-hybridized carbons (Fsp3) is 0.222. The average molecular weight is 241 g/mol. The summed E-state index contributed by atoms with van der Waals surface area (Å²) in [5, 5.41) is 4.52. The Kier molecular flexibility index (Phi) is 3.13. The van der Waals surface area contributed by atoms with E-state index in [1.54, 1.807) is 18.3 Å². The van der Waals surface area contributed by atoms with Gasteiger partial charge in [0.1, 0.15) is 5.69 Å². The molecule has 0 bridgehead atoms. The Bertz CT molecular complexity index is 440. The van der Waals surface area contributed by atoms with E-state index in [1.165, 1.54) is 11.5 Å². The second-order valence-corrected chi connectivity index (χ2v) is 4.00. The number of hydrogen-bond donors (Lipinski definition) is 1. The zero-order valence-electron chi connectivity index (χ0n) is 8.07. The number of anilines is 1. The first kappa shape index (κ1) is 10.3. The van der Waals surface area contributed by atoms with Crippen molar-refractivity contribution in [1.29, 1.82) is 0 Å². The fourth-order valence-corrected chi connectivity index (χ4v) is 1.81. The molecule has 4 nitrogen and oxygen atoms in total. The lowest BCUT2D eigenvalue weighted by atomic mass is 10.3. The number of nitrogens with one attached hydrogen (secondary N) is 1. The molecule has 78 valence electrons. The molecule has 0 saturated carbocycles. The predicted molar refractivity (Wildman–Crippen MR) is 62.3 cm³/mol. The topological polar surface area (TPSA) is 50.7 Å². The summed E-state index contributed by atoms with van der Waals surface area (Å²) in [6, 6.07) is 3.58. The Balaban J connectivity index is 2.25. The number of halogens is 1. The standard InChI is InChI=1S/C9H9ClN4S/c1-2-11-9-13-8(14-15-9)7-4-3-6(10)5-12-7/h3-5H,2H2,1H3,(H,11,13,14). The summed E-state index contributed by atoms with van der Waals surface area (Å²) in [7, 11) is 0. The van der Waals surface area contributed by atoms with Crippen LogP contribution in [0.3, 0.4) is 0 Å². The van der Waals surface area contributed by atoms with Crippen LogP contribution in [0.15, 0.2) is 18.3 Å². The SMILES string of the molecule is CCNc1nc(-c2ccc(Cl)cn2)ns1. The smallest absolute Gasteiger partial charge is 0.202 e. The van der Waals surface area contributed by atoms with Crippen molar-refractivity contribution in [2.45, 2.75) is 6.92 Å². The van der Waals surface area contributed by atoms with E-state index in [4.69, 9.17) is 11.6 Å². The molecule has 0 fully saturated rings. The number of rotatable bonds is 3. The van der Waals surface area contributed by atoms with Crippen molar-refractivity contribution in [3.63, 3.8) is 0 Å². The molecule has 0 radical (unpaired) electrons. The molecule has 2 aromatic heterocycles. The molecule has 0 unspecified atom stereocenters. The second kappa shape index (κ2) is 4.55. The summed E-state index contributed by atoms with van der Waals surface area (Å²) in [5.41, 5.74) is 0.736. The summed E-state index contributed by atoms with van der Waals surface area (Å²) >= 11 is 7.07. The van der Waals surface area contributed by atoms with Crippen LogP contribution in [-0.2, 0) is 0 Å². The van der Waals surface area contributed by atoms with E-state index >= 15 is 0 Å². The van der Waals surface area contributed by atoms with Gasteiger partial charge in [-0.3, -0.25) is 4.98 Å². The van der Waals surface area contributed by atoms with Gasteiger partial charge in [0, 0.05) is 24.3 Å². The van der Waals surface area contributed by atoms with E-state index in [1.807, 2.05) is 6.92 Å². The third-order valence-electron chi connectivity index (χ3n) is 1.71. The van der Waals surface area contributed by atoms with E-state index in [2.05, 4.69) is 19.7 Å². The normalized spacial score (nSPS) is 10.3. The van der Waals surface area contributed by atoms with Crippen molar-refractivity contribution in [2.24, 2.45) is 0 Å². The molecule has 15 heavy (non-hydrogen) atoms. The molecule has 2 heterocycles. The third kappa shape index (κ3) is 2.43. The zero-order chi connectivity index (χ0) is 10.7. The van der Waals surface area contributed by atoms with Gasteiger partial charge in [0.25, 0.3) is 0 Å². The van der Waals surface area contributed by atoms with Gasteiger partial charge in [-0.25, -0.2) is 0 Å². The van der Waals surface area contributed by atoms with Crippen molar-refractivity contribution < 1.29 is 0 Å². The predicted octanol–water partition coefficient (Wildman–Crippen LogP) is 2.69. The van der Waals surface area contributed by atoms with E-state index in [-0.39, 0.29) is 0 Å². The summed E-state index contributed by atoms with van der Waals surface area (Å²) < 4.78 is 4.20. The number of pyridine rings is 1. The zero-order valence-corrected chi connectivity index (χ0v) is 9.64. The largest absolute Gasteiger partial charge is 0.361 e. The van der Waals surface area contributed by atoms with Crippen LogP contribution < -0.4 is 5.32 Å². The molecule has 2 rings (SSSR count). The van der Waals surface area contributed by atoms with Gasteiger partial charge in [-0.15, -0.1) is 0 Å². The van der Waals surface area contributed by atoms with Gasteiger partial charge in [0.2, 0.25) is 5.13 Å². The van der Waals surface area contributed by atoms with Gasteiger partial charge < -0.3 is 5.32 Å². The highest BCUT2D eigenvalue weighted by molar-refractivity contribution is 7.09. The first-order chi connectivity index (χ1) is 7.29. The third-order valence-corrected chi connectivity index (χ3v) is 2.61. The molecule has 0 aliphatic rings. The minimum absolute atomic E-state index is 0.612. The van der Waals surface area contributed by atoms with Crippen LogP contribution in [0.4, 0.5) is 5.13 Å². The van der Waals surface area contributed by atoms with Gasteiger partial charge in [-0.1, -0.05) is 11.6 Å². The highest BCUT2D eigenvalue weighted by Crippen LogP contribution is 2.20. The Morgan fingerprint density at radius 2 is 2.33 bits per heavy atom. The maximum atomic E-state index is 5.74. The molecule has 0 saturated heterocycles. The van der Waals surface area contributed by atoms with Crippen molar-refractivity contribution >= 4 is 28.3 Å². The summed E-state index contributed by atoms with van der Waals surface area (Å²) in [5.74, 6) is 0.632. The molecule has 0 aliphatic heterocycles. The van der Waals surface area contributed by atoms with Gasteiger partial charge in [-0.2, -0.15) is 9.36 Å². The average Bonchev–Trinajstić information content (AvgIpc) is 2.68. The molecule has 0 aliphatic carbocycles. The van der Waals surface area contributed by atoms with E-state index < -0.39 is 0 Å². The van der Waals surface area contributed by atoms with Gasteiger partial charge in [0.15, 0.2) is 5.82 Å². The molecule has 0 aromatic carbocycles. The first-order valence-electron chi connectivity index (χ1n) is 4.49. The molecule has 2 aromatic rings. The molecule has 6 heteroatoms. The van der Waals surface area contributed by atoms with Crippen molar-refractivity contribution in [2.75, 3.05) is 11.9 Å². The van der Waals surface area contributed by atoms with Gasteiger partial charge in [-0.05, 0) is 19.1 Å². The lowest BCUT2D eigenvalue weighted by molar-refractivity contribution is 1.17. The molecular weight excluding hydrogens is 232 g/mol. The minimum atomic E-state index is 0.612. The van der Waals surface area contributed by atoms with Crippen LogP contribution in [-0.4, -0.2) is 20.9 Å². The van der Waals surface area contributed by atoms with Gasteiger partial charge >= 0.3 is 0 Å². The molecule has 0 amide bonds.